The summed E-state index contributed by atoms with van der Waals surface area (Å²) >= 11 is 0. The Morgan fingerprint density at radius 2 is 1.87 bits per heavy atom. The predicted octanol–water partition coefficient (Wildman–Crippen LogP) is 2.62. The highest BCUT2D eigenvalue weighted by atomic mass is 16.6. The molecule has 0 aliphatic rings. The van der Waals surface area contributed by atoms with E-state index in [1.807, 2.05) is 20.8 Å². The fraction of sp³-hybridized carbons (Fsp3) is 1.00. The molecule has 0 radical (unpaired) electrons. The first kappa shape index (κ1) is 14.4. The molecule has 1 N–H and O–H groups in total. The predicted molar refractivity (Wildman–Crippen MR) is 60.4 cm³/mol. The second kappa shape index (κ2) is 6.05. The molecular weight excluding hydrogens is 194 g/mol. The van der Waals surface area contributed by atoms with Crippen molar-refractivity contribution in [2.24, 2.45) is 5.41 Å². The van der Waals surface area contributed by atoms with Crippen LogP contribution >= 0.6 is 0 Å². The third-order valence-electron chi connectivity index (χ3n) is 2.63. The van der Waals surface area contributed by atoms with Crippen LogP contribution in [0.5, 0.6) is 0 Å². The maximum atomic E-state index is 10.8. The van der Waals surface area contributed by atoms with Gasteiger partial charge in [-0.3, -0.25) is 10.1 Å². The van der Waals surface area contributed by atoms with Crippen LogP contribution in [-0.4, -0.2) is 22.2 Å². The summed E-state index contributed by atoms with van der Waals surface area (Å²) in [5.41, 5.74) is -0.427. The Bertz CT molecular complexity index is 198. The summed E-state index contributed by atoms with van der Waals surface area (Å²) in [5.74, 6) is 0. The lowest BCUT2D eigenvalue weighted by atomic mass is 9.83. The highest BCUT2D eigenvalue weighted by molar-refractivity contribution is 4.79. The van der Waals surface area contributed by atoms with Crippen molar-refractivity contribution in [3.05, 3.63) is 10.1 Å². The van der Waals surface area contributed by atoms with E-state index >= 15 is 0 Å². The zero-order valence-electron chi connectivity index (χ0n) is 10.2. The van der Waals surface area contributed by atoms with E-state index in [-0.39, 0.29) is 4.92 Å². The van der Waals surface area contributed by atoms with Crippen molar-refractivity contribution in [3.63, 3.8) is 0 Å². The zero-order valence-corrected chi connectivity index (χ0v) is 10.2. The van der Waals surface area contributed by atoms with Crippen molar-refractivity contribution < 1.29 is 10.0 Å². The lowest BCUT2D eigenvalue weighted by Gasteiger charge is -2.27. The third-order valence-corrected chi connectivity index (χ3v) is 2.63. The summed E-state index contributed by atoms with van der Waals surface area (Å²) in [4.78, 5) is 10.5. The Hall–Kier alpha value is -0.640. The van der Waals surface area contributed by atoms with Gasteiger partial charge in [0, 0.05) is 11.3 Å². The second-order valence-electron chi connectivity index (χ2n) is 5.16. The van der Waals surface area contributed by atoms with Gasteiger partial charge in [0.15, 0.2) is 0 Å². The first-order valence-corrected chi connectivity index (χ1v) is 5.62. The number of aliphatic hydroxyl groups excluding tert-OH is 1. The van der Waals surface area contributed by atoms with Crippen LogP contribution in [-0.2, 0) is 0 Å². The Morgan fingerprint density at radius 3 is 2.20 bits per heavy atom. The smallest absolute Gasteiger partial charge is 0.239 e. The average molecular weight is 217 g/mol. The van der Waals surface area contributed by atoms with Gasteiger partial charge in [0.25, 0.3) is 0 Å². The average Bonchev–Trinajstić information content (AvgIpc) is 2.09. The Balaban J connectivity index is 4.33. The summed E-state index contributed by atoms with van der Waals surface area (Å²) in [5, 5.41) is 20.7. The first-order valence-electron chi connectivity index (χ1n) is 5.62. The Morgan fingerprint density at radius 1 is 1.33 bits per heavy atom. The van der Waals surface area contributed by atoms with E-state index in [1.165, 1.54) is 0 Å². The van der Waals surface area contributed by atoms with Crippen LogP contribution in [0.4, 0.5) is 0 Å². The number of hydrogen-bond acceptors (Lipinski definition) is 3. The molecule has 0 heterocycles. The molecule has 0 aromatic rings. The summed E-state index contributed by atoms with van der Waals surface area (Å²) < 4.78 is 0. The molecule has 2 atom stereocenters. The number of aliphatic hydroxyl groups is 1. The maximum absolute atomic E-state index is 10.8. The van der Waals surface area contributed by atoms with Crippen LogP contribution < -0.4 is 0 Å². The molecule has 0 rings (SSSR count). The van der Waals surface area contributed by atoms with Gasteiger partial charge < -0.3 is 5.11 Å². The van der Waals surface area contributed by atoms with E-state index in [9.17, 15) is 15.2 Å². The molecule has 0 saturated heterocycles. The van der Waals surface area contributed by atoms with Gasteiger partial charge in [-0.05, 0) is 11.8 Å². The summed E-state index contributed by atoms with van der Waals surface area (Å²) in [7, 11) is 0. The number of hydrogen-bond donors (Lipinski definition) is 1. The molecule has 0 aromatic heterocycles. The fourth-order valence-electron chi connectivity index (χ4n) is 1.56. The summed E-state index contributed by atoms with van der Waals surface area (Å²) in [6.07, 6.45) is 2.44. The highest BCUT2D eigenvalue weighted by Crippen LogP contribution is 2.25. The summed E-state index contributed by atoms with van der Waals surface area (Å²) in [6.45, 7) is 7.54. The van der Waals surface area contributed by atoms with Crippen molar-refractivity contribution >= 4 is 0 Å². The lowest BCUT2D eigenvalue weighted by Crippen LogP contribution is -2.42. The van der Waals surface area contributed by atoms with E-state index < -0.39 is 17.6 Å². The maximum Gasteiger partial charge on any atom is 0.239 e. The van der Waals surface area contributed by atoms with Crippen LogP contribution in [0.1, 0.15) is 53.4 Å². The van der Waals surface area contributed by atoms with Crippen LogP contribution in [0, 0.1) is 15.5 Å². The van der Waals surface area contributed by atoms with Gasteiger partial charge in [0.1, 0.15) is 6.10 Å². The van der Waals surface area contributed by atoms with Crippen molar-refractivity contribution in [2.75, 3.05) is 0 Å². The minimum absolute atomic E-state index is 0.342. The molecule has 0 bridgehead atoms. The van der Waals surface area contributed by atoms with Gasteiger partial charge in [-0.2, -0.15) is 0 Å². The quantitative estimate of drug-likeness (QED) is 0.422. The standard InChI is InChI=1S/C11H23NO3/c1-5-6-7-8-9(12(14)15)10(13)11(2,3)4/h9-10,13H,5-8H2,1-4H3. The topological polar surface area (TPSA) is 63.4 Å². The van der Waals surface area contributed by atoms with E-state index in [2.05, 4.69) is 6.92 Å². The van der Waals surface area contributed by atoms with Gasteiger partial charge in [-0.25, -0.2) is 0 Å². The van der Waals surface area contributed by atoms with Gasteiger partial charge >= 0.3 is 0 Å². The molecule has 15 heavy (non-hydrogen) atoms. The molecular formula is C11H23NO3. The van der Waals surface area contributed by atoms with Crippen molar-refractivity contribution in [3.8, 4) is 0 Å². The molecule has 0 saturated carbocycles. The number of nitrogens with zero attached hydrogens (tertiary/aromatic N) is 1. The fourth-order valence-corrected chi connectivity index (χ4v) is 1.56. The molecule has 0 spiro atoms. The van der Waals surface area contributed by atoms with Crippen molar-refractivity contribution in [1.82, 2.24) is 0 Å². The molecule has 0 aliphatic heterocycles. The molecule has 0 aliphatic carbocycles. The number of unbranched alkanes of at least 4 members (excludes halogenated alkanes) is 2. The van der Waals surface area contributed by atoms with E-state index in [0.717, 1.165) is 19.3 Å². The van der Waals surface area contributed by atoms with Crippen LogP contribution in [0.15, 0.2) is 0 Å². The van der Waals surface area contributed by atoms with Crippen LogP contribution in [0.25, 0.3) is 0 Å². The molecule has 0 aromatic carbocycles. The van der Waals surface area contributed by atoms with E-state index in [4.69, 9.17) is 0 Å². The third kappa shape index (κ3) is 5.11. The van der Waals surface area contributed by atoms with Gasteiger partial charge in [-0.1, -0.05) is 40.5 Å². The largest absolute Gasteiger partial charge is 0.385 e. The Kier molecular flexibility index (Phi) is 5.80. The van der Waals surface area contributed by atoms with Gasteiger partial charge in [-0.15, -0.1) is 0 Å². The second-order valence-corrected chi connectivity index (χ2v) is 5.16. The number of nitro groups is 1. The van der Waals surface area contributed by atoms with E-state index in [0.29, 0.717) is 6.42 Å². The molecule has 0 fully saturated rings. The lowest BCUT2D eigenvalue weighted by molar-refractivity contribution is -0.539. The number of rotatable bonds is 6. The highest BCUT2D eigenvalue weighted by Gasteiger charge is 2.37. The minimum Gasteiger partial charge on any atom is -0.385 e. The molecule has 2 unspecified atom stereocenters. The first-order chi connectivity index (χ1) is 6.80. The molecule has 4 nitrogen and oxygen atoms in total. The van der Waals surface area contributed by atoms with Crippen LogP contribution in [0.2, 0.25) is 0 Å². The summed E-state index contributed by atoms with van der Waals surface area (Å²) in [6, 6.07) is -0.823. The molecule has 90 valence electrons. The van der Waals surface area contributed by atoms with Crippen LogP contribution in [0.3, 0.4) is 0 Å². The SMILES string of the molecule is CCCCCC(C(O)C(C)(C)C)[N+](=O)[O-]. The minimum atomic E-state index is -0.871. The van der Waals surface area contributed by atoms with Crippen molar-refractivity contribution in [2.45, 2.75) is 65.5 Å². The zero-order chi connectivity index (χ0) is 12.1. The Labute approximate surface area is 91.8 Å². The molecule has 0 amide bonds. The van der Waals surface area contributed by atoms with E-state index in [1.54, 1.807) is 0 Å². The van der Waals surface area contributed by atoms with Gasteiger partial charge in [0.05, 0.1) is 0 Å². The molecule has 4 heteroatoms. The van der Waals surface area contributed by atoms with Gasteiger partial charge in [0.2, 0.25) is 6.04 Å². The normalized spacial score (nSPS) is 16.1. The van der Waals surface area contributed by atoms with Crippen molar-refractivity contribution in [1.29, 1.82) is 0 Å². The monoisotopic (exact) mass is 217 g/mol.